The molecule has 0 aromatic rings. The molecule has 4 aliphatic rings. The Morgan fingerprint density at radius 2 is 2.03 bits per heavy atom. The topological polar surface area (TPSA) is 96.3 Å². The number of carbonyl (C=O) groups is 2. The number of carboxylic acid groups (broad SMARTS) is 1. The number of hydrogen-bond acceptors (Lipinski definition) is 7. The summed E-state index contributed by atoms with van der Waals surface area (Å²) in [5.41, 5.74) is 0.104. The lowest BCUT2D eigenvalue weighted by molar-refractivity contribution is -0.163. The van der Waals surface area contributed by atoms with Crippen molar-refractivity contribution in [2.24, 2.45) is 11.8 Å². The van der Waals surface area contributed by atoms with Gasteiger partial charge in [-0.3, -0.25) is 4.79 Å². The lowest BCUT2D eigenvalue weighted by atomic mass is 9.79. The van der Waals surface area contributed by atoms with Gasteiger partial charge in [0.25, 0.3) is 0 Å². The molecule has 0 aliphatic carbocycles. The fraction of sp³-hybridized carbons (Fsp3) is 0.714. The van der Waals surface area contributed by atoms with Gasteiger partial charge in [0.1, 0.15) is 5.70 Å². The Labute approximate surface area is 192 Å². The Balaban J connectivity index is 1.40. The highest BCUT2D eigenvalue weighted by molar-refractivity contribution is 8.03. The molecule has 2 fully saturated rings. The number of hydrogen-bond donors (Lipinski definition) is 3. The maximum Gasteiger partial charge on any atom is 0.353 e. The van der Waals surface area contributed by atoms with E-state index in [1.807, 2.05) is 43.2 Å². The molecule has 0 bridgehead atoms. The predicted octanol–water partition coefficient (Wildman–Crippen LogP) is 1.62. The number of halogens is 1. The summed E-state index contributed by atoms with van der Waals surface area (Å²) in [6.45, 7) is 4.35. The standard InChI is InChI=1S/C21H31ClN4O4S/c1-11-16-15(12(2)27)19(28)26(16)17(20(29)30)18(11)31-14-9-13(23-10-14)5-6-21(22)24(3)7-8-25(21)4/h7-8,11-16,23,27H,5-6,9-10H2,1-4H3,(H,29,30)/t11-,12-,13-,14+,15-,16-/m1/s1. The smallest absolute Gasteiger partial charge is 0.353 e. The second kappa shape index (κ2) is 8.17. The van der Waals surface area contributed by atoms with Gasteiger partial charge in [-0.2, -0.15) is 0 Å². The number of nitrogens with zero attached hydrogens (tertiary/aromatic N) is 3. The van der Waals surface area contributed by atoms with Crippen molar-refractivity contribution in [3.8, 4) is 0 Å². The monoisotopic (exact) mass is 470 g/mol. The van der Waals surface area contributed by atoms with Crippen molar-refractivity contribution in [1.82, 2.24) is 20.0 Å². The van der Waals surface area contributed by atoms with Crippen molar-refractivity contribution < 1.29 is 19.8 Å². The molecule has 172 valence electrons. The maximum absolute atomic E-state index is 12.5. The van der Waals surface area contributed by atoms with Crippen LogP contribution in [0.1, 0.15) is 33.1 Å². The van der Waals surface area contributed by atoms with Gasteiger partial charge in [0, 0.05) is 61.6 Å². The largest absolute Gasteiger partial charge is 0.477 e. The highest BCUT2D eigenvalue weighted by Crippen LogP contribution is 2.52. The molecular formula is C21H31ClN4O4S. The third-order valence-corrected chi connectivity index (χ3v) is 9.43. The van der Waals surface area contributed by atoms with Crippen molar-refractivity contribution in [3.05, 3.63) is 23.0 Å². The summed E-state index contributed by atoms with van der Waals surface area (Å²) in [5.74, 6) is -1.97. The first-order chi connectivity index (χ1) is 14.6. The molecule has 2 saturated heterocycles. The van der Waals surface area contributed by atoms with E-state index in [4.69, 9.17) is 11.6 Å². The Morgan fingerprint density at radius 1 is 1.39 bits per heavy atom. The molecule has 0 aromatic heterocycles. The van der Waals surface area contributed by atoms with Crippen LogP contribution in [0.5, 0.6) is 0 Å². The zero-order valence-electron chi connectivity index (χ0n) is 18.3. The van der Waals surface area contributed by atoms with Crippen LogP contribution in [-0.4, -0.2) is 86.0 Å². The summed E-state index contributed by atoms with van der Waals surface area (Å²) in [6, 6.07) is 0.0493. The zero-order valence-corrected chi connectivity index (χ0v) is 19.9. The van der Waals surface area contributed by atoms with Gasteiger partial charge < -0.3 is 30.2 Å². The Bertz CT molecular complexity index is 822. The molecule has 6 atom stereocenters. The van der Waals surface area contributed by atoms with E-state index in [-0.39, 0.29) is 28.8 Å². The third kappa shape index (κ3) is 3.63. The molecule has 3 N–H and O–H groups in total. The van der Waals surface area contributed by atoms with Crippen molar-refractivity contribution >= 4 is 35.2 Å². The van der Waals surface area contributed by atoms with E-state index in [2.05, 4.69) is 5.32 Å². The molecule has 1 amide bonds. The quantitative estimate of drug-likeness (QED) is 0.293. The summed E-state index contributed by atoms with van der Waals surface area (Å²) >= 11 is 8.39. The normalized spacial score (nSPS) is 35.1. The van der Waals surface area contributed by atoms with Crippen LogP contribution in [0.25, 0.3) is 0 Å². The number of aliphatic hydroxyl groups excluding tert-OH is 1. The van der Waals surface area contributed by atoms with Gasteiger partial charge in [-0.15, -0.1) is 11.8 Å². The zero-order chi connectivity index (χ0) is 22.7. The highest BCUT2D eigenvalue weighted by Gasteiger charge is 2.60. The molecule has 31 heavy (non-hydrogen) atoms. The number of amides is 1. The number of aliphatic carboxylic acids is 1. The molecule has 4 rings (SSSR count). The highest BCUT2D eigenvalue weighted by atomic mass is 35.5. The number of fused-ring (bicyclic) bond motifs is 1. The number of rotatable bonds is 7. The van der Waals surface area contributed by atoms with E-state index in [9.17, 15) is 19.8 Å². The second-order valence-corrected chi connectivity index (χ2v) is 11.1. The lowest BCUT2D eigenvalue weighted by Crippen LogP contribution is -2.63. The number of carbonyl (C=O) groups excluding carboxylic acids is 1. The second-order valence-electron chi connectivity index (χ2n) is 9.13. The Hall–Kier alpha value is -1.42. The van der Waals surface area contributed by atoms with Crippen LogP contribution in [-0.2, 0) is 9.59 Å². The molecule has 4 aliphatic heterocycles. The van der Waals surface area contributed by atoms with Crippen LogP contribution >= 0.6 is 23.4 Å². The van der Waals surface area contributed by atoms with Gasteiger partial charge in [0.15, 0.2) is 5.12 Å². The first-order valence-corrected chi connectivity index (χ1v) is 12.0. The Kier molecular flexibility index (Phi) is 6.00. The van der Waals surface area contributed by atoms with E-state index >= 15 is 0 Å². The van der Waals surface area contributed by atoms with E-state index in [0.29, 0.717) is 6.04 Å². The van der Waals surface area contributed by atoms with Crippen molar-refractivity contribution in [1.29, 1.82) is 0 Å². The Morgan fingerprint density at radius 3 is 2.61 bits per heavy atom. The summed E-state index contributed by atoms with van der Waals surface area (Å²) in [7, 11) is 3.95. The van der Waals surface area contributed by atoms with Gasteiger partial charge in [0.05, 0.1) is 18.1 Å². The van der Waals surface area contributed by atoms with Crippen LogP contribution in [0.4, 0.5) is 0 Å². The van der Waals surface area contributed by atoms with Crippen LogP contribution in [0.3, 0.4) is 0 Å². The molecule has 10 heteroatoms. The SMILES string of the molecule is C[C@@H](O)[C@H]1C(=O)N2C(C(=O)O)=C(S[C@@H]3CN[C@H](CCC4(Cl)N(C)C=CN4C)C3)[C@H](C)[C@H]12. The lowest BCUT2D eigenvalue weighted by Gasteiger charge is -2.46. The number of nitrogens with one attached hydrogen (secondary N) is 1. The minimum absolute atomic E-state index is 0.0922. The average molecular weight is 471 g/mol. The summed E-state index contributed by atoms with van der Waals surface area (Å²) in [5, 5.41) is 23.0. The van der Waals surface area contributed by atoms with Crippen LogP contribution in [0, 0.1) is 11.8 Å². The van der Waals surface area contributed by atoms with Gasteiger partial charge in [-0.1, -0.05) is 18.5 Å². The summed E-state index contributed by atoms with van der Waals surface area (Å²) in [4.78, 5) is 30.7. The first-order valence-electron chi connectivity index (χ1n) is 10.8. The first kappa shape index (κ1) is 22.8. The number of aliphatic hydroxyl groups is 1. The predicted molar refractivity (Wildman–Crippen MR) is 120 cm³/mol. The molecule has 8 nitrogen and oxygen atoms in total. The number of carboxylic acids is 1. The molecule has 0 spiro atoms. The van der Waals surface area contributed by atoms with Gasteiger partial charge in [-0.05, 0) is 19.8 Å². The summed E-state index contributed by atoms with van der Waals surface area (Å²) < 4.78 is 0. The van der Waals surface area contributed by atoms with Gasteiger partial charge in [0.2, 0.25) is 5.91 Å². The van der Waals surface area contributed by atoms with Crippen molar-refractivity contribution in [3.63, 3.8) is 0 Å². The molecule has 0 aromatic carbocycles. The molecular weight excluding hydrogens is 440 g/mol. The van der Waals surface area contributed by atoms with E-state index in [0.717, 1.165) is 30.7 Å². The maximum atomic E-state index is 12.5. The van der Waals surface area contributed by atoms with Crippen LogP contribution < -0.4 is 5.32 Å². The fourth-order valence-electron chi connectivity index (χ4n) is 5.34. The van der Waals surface area contributed by atoms with Gasteiger partial charge >= 0.3 is 5.97 Å². The summed E-state index contributed by atoms with van der Waals surface area (Å²) in [6.07, 6.45) is 5.79. The molecule has 0 radical (unpaired) electrons. The van der Waals surface area contributed by atoms with Crippen molar-refractivity contribution in [2.45, 2.75) is 61.7 Å². The van der Waals surface area contributed by atoms with E-state index in [1.165, 1.54) is 4.90 Å². The van der Waals surface area contributed by atoms with Crippen LogP contribution in [0.2, 0.25) is 0 Å². The fourth-order valence-corrected chi connectivity index (χ4v) is 7.08. The minimum Gasteiger partial charge on any atom is -0.477 e. The average Bonchev–Trinajstić information content (AvgIpc) is 3.32. The number of alkyl halides is 1. The molecule has 0 unspecified atom stereocenters. The van der Waals surface area contributed by atoms with Gasteiger partial charge in [-0.25, -0.2) is 4.79 Å². The van der Waals surface area contributed by atoms with E-state index in [1.54, 1.807) is 18.7 Å². The number of thioether (sulfide) groups is 1. The molecule has 0 saturated carbocycles. The number of β-lactam (4-membered cyclic amide) rings is 1. The molecule has 4 heterocycles. The minimum atomic E-state index is -1.07. The van der Waals surface area contributed by atoms with Crippen molar-refractivity contribution in [2.75, 3.05) is 20.6 Å². The van der Waals surface area contributed by atoms with Crippen LogP contribution in [0.15, 0.2) is 23.0 Å². The van der Waals surface area contributed by atoms with E-state index < -0.39 is 23.1 Å². The third-order valence-electron chi connectivity index (χ3n) is 7.19.